The Morgan fingerprint density at radius 1 is 1.33 bits per heavy atom. The molecule has 0 spiro atoms. The molecule has 4 rings (SSSR count). The molecule has 1 N–H and O–H groups in total. The van der Waals surface area contributed by atoms with Gasteiger partial charge in [0.1, 0.15) is 17.2 Å². The lowest BCUT2D eigenvalue weighted by atomic mass is 9.97. The molecular weight excluding hydrogens is 356 g/mol. The van der Waals surface area contributed by atoms with Crippen molar-refractivity contribution in [2.75, 3.05) is 5.32 Å². The number of nitrogens with one attached hydrogen (secondary N) is 1. The van der Waals surface area contributed by atoms with Crippen LogP contribution in [0.5, 0.6) is 0 Å². The van der Waals surface area contributed by atoms with Crippen LogP contribution in [-0.4, -0.2) is 9.55 Å². The fourth-order valence-corrected chi connectivity index (χ4v) is 5.00. The van der Waals surface area contributed by atoms with Gasteiger partial charge in [-0.15, -0.1) is 11.3 Å². The summed E-state index contributed by atoms with van der Waals surface area (Å²) in [6, 6.07) is 10.3. The third-order valence-corrected chi connectivity index (χ3v) is 6.35. The number of fused-ring (bicyclic) bond motifs is 3. The van der Waals surface area contributed by atoms with Gasteiger partial charge in [-0.3, -0.25) is 9.36 Å². The molecule has 0 unspecified atom stereocenters. The number of aromatic nitrogens is 2. The molecule has 0 radical (unpaired) electrons. The molecule has 138 valence electrons. The SMILES string of the molecule is CCc1cccc(NCc2nc3sc4c(c3c(=O)n2CC#N)CCCC4)c1. The van der Waals surface area contributed by atoms with E-state index in [4.69, 9.17) is 4.98 Å². The van der Waals surface area contributed by atoms with Crippen LogP contribution in [0.25, 0.3) is 10.2 Å². The number of rotatable bonds is 5. The van der Waals surface area contributed by atoms with Crippen LogP contribution >= 0.6 is 11.3 Å². The fraction of sp³-hybridized carbons (Fsp3) is 0.381. The van der Waals surface area contributed by atoms with E-state index in [0.29, 0.717) is 12.4 Å². The largest absolute Gasteiger partial charge is 0.378 e. The van der Waals surface area contributed by atoms with Crippen molar-refractivity contribution in [3.05, 3.63) is 56.4 Å². The highest BCUT2D eigenvalue weighted by Gasteiger charge is 2.21. The Balaban J connectivity index is 1.74. The molecule has 0 aliphatic heterocycles. The number of benzene rings is 1. The maximum Gasteiger partial charge on any atom is 0.263 e. The molecule has 3 aromatic rings. The summed E-state index contributed by atoms with van der Waals surface area (Å²) in [6.07, 6.45) is 5.24. The number of nitriles is 1. The second kappa shape index (κ2) is 7.53. The third-order valence-electron chi connectivity index (χ3n) is 5.17. The molecule has 2 heterocycles. The minimum Gasteiger partial charge on any atom is -0.378 e. The van der Waals surface area contributed by atoms with Gasteiger partial charge in [0.2, 0.25) is 0 Å². The van der Waals surface area contributed by atoms with E-state index in [1.165, 1.54) is 27.0 Å². The summed E-state index contributed by atoms with van der Waals surface area (Å²) in [5.74, 6) is 0.620. The zero-order valence-electron chi connectivity index (χ0n) is 15.4. The number of hydrogen-bond donors (Lipinski definition) is 1. The Morgan fingerprint density at radius 2 is 2.19 bits per heavy atom. The molecule has 2 aromatic heterocycles. The van der Waals surface area contributed by atoms with Crippen LogP contribution in [0.2, 0.25) is 0 Å². The first-order chi connectivity index (χ1) is 13.2. The van der Waals surface area contributed by atoms with Crippen molar-refractivity contribution in [3.8, 4) is 6.07 Å². The normalized spacial score (nSPS) is 13.3. The molecule has 6 heteroatoms. The van der Waals surface area contributed by atoms with Gasteiger partial charge in [-0.05, 0) is 55.4 Å². The zero-order valence-corrected chi connectivity index (χ0v) is 16.2. The molecule has 5 nitrogen and oxygen atoms in total. The van der Waals surface area contributed by atoms with E-state index in [1.807, 2.05) is 12.1 Å². The minimum absolute atomic E-state index is 0.0262. The molecule has 0 fully saturated rings. The van der Waals surface area contributed by atoms with Crippen LogP contribution < -0.4 is 10.9 Å². The predicted molar refractivity (Wildman–Crippen MR) is 109 cm³/mol. The van der Waals surface area contributed by atoms with Gasteiger partial charge in [-0.2, -0.15) is 5.26 Å². The van der Waals surface area contributed by atoms with Gasteiger partial charge >= 0.3 is 0 Å². The molecule has 1 aliphatic carbocycles. The van der Waals surface area contributed by atoms with Gasteiger partial charge in [-0.25, -0.2) is 4.98 Å². The second-order valence-electron chi connectivity index (χ2n) is 6.88. The molecule has 0 bridgehead atoms. The van der Waals surface area contributed by atoms with Gasteiger partial charge < -0.3 is 5.32 Å². The summed E-state index contributed by atoms with van der Waals surface area (Å²) < 4.78 is 1.53. The van der Waals surface area contributed by atoms with E-state index >= 15 is 0 Å². The van der Waals surface area contributed by atoms with Gasteiger partial charge in [0, 0.05) is 10.6 Å². The number of aryl methyl sites for hydroxylation is 3. The molecule has 1 aliphatic rings. The molecule has 27 heavy (non-hydrogen) atoms. The number of thiophene rings is 1. The summed E-state index contributed by atoms with van der Waals surface area (Å²) in [7, 11) is 0. The monoisotopic (exact) mass is 378 g/mol. The highest BCUT2D eigenvalue weighted by atomic mass is 32.1. The van der Waals surface area contributed by atoms with Crippen molar-refractivity contribution in [1.82, 2.24) is 9.55 Å². The highest BCUT2D eigenvalue weighted by Crippen LogP contribution is 2.33. The average Bonchev–Trinajstić information content (AvgIpc) is 3.07. The van der Waals surface area contributed by atoms with Crippen LogP contribution in [0.1, 0.15) is 41.6 Å². The Kier molecular flexibility index (Phi) is 4.95. The van der Waals surface area contributed by atoms with Crippen molar-refractivity contribution < 1.29 is 0 Å². The maximum atomic E-state index is 13.1. The lowest BCUT2D eigenvalue weighted by Crippen LogP contribution is -2.26. The summed E-state index contributed by atoms with van der Waals surface area (Å²) in [4.78, 5) is 20.0. The Labute approximate surface area is 162 Å². The van der Waals surface area contributed by atoms with Crippen LogP contribution in [0.4, 0.5) is 5.69 Å². The van der Waals surface area contributed by atoms with Crippen molar-refractivity contribution in [2.24, 2.45) is 0 Å². The summed E-state index contributed by atoms with van der Waals surface area (Å²) in [5, 5.41) is 13.3. The minimum atomic E-state index is -0.0694. The van der Waals surface area contributed by atoms with E-state index in [0.717, 1.165) is 41.6 Å². The molecule has 0 amide bonds. The van der Waals surface area contributed by atoms with Gasteiger partial charge in [0.05, 0.1) is 18.0 Å². The average molecular weight is 379 g/mol. The van der Waals surface area contributed by atoms with E-state index in [9.17, 15) is 10.1 Å². The first-order valence-corrected chi connectivity index (χ1v) is 10.3. The lowest BCUT2D eigenvalue weighted by molar-refractivity contribution is 0.692. The smallest absolute Gasteiger partial charge is 0.263 e. The van der Waals surface area contributed by atoms with Gasteiger partial charge in [-0.1, -0.05) is 19.1 Å². The van der Waals surface area contributed by atoms with Crippen LogP contribution in [0.3, 0.4) is 0 Å². The van der Waals surface area contributed by atoms with Crippen LogP contribution in [0.15, 0.2) is 29.1 Å². The van der Waals surface area contributed by atoms with Gasteiger partial charge in [0.15, 0.2) is 0 Å². The molecule has 0 saturated heterocycles. The van der Waals surface area contributed by atoms with Gasteiger partial charge in [0.25, 0.3) is 5.56 Å². The predicted octanol–water partition coefficient (Wildman–Crippen LogP) is 4.03. The lowest BCUT2D eigenvalue weighted by Gasteiger charge is -2.13. The van der Waals surface area contributed by atoms with E-state index < -0.39 is 0 Å². The summed E-state index contributed by atoms with van der Waals surface area (Å²) in [6.45, 7) is 2.57. The summed E-state index contributed by atoms with van der Waals surface area (Å²) >= 11 is 1.65. The Morgan fingerprint density at radius 3 is 3.00 bits per heavy atom. The quantitative estimate of drug-likeness (QED) is 0.727. The van der Waals surface area contributed by atoms with Crippen molar-refractivity contribution in [2.45, 2.75) is 52.1 Å². The molecular formula is C21H22N4OS. The first kappa shape index (κ1) is 17.7. The zero-order chi connectivity index (χ0) is 18.8. The van der Waals surface area contributed by atoms with Crippen molar-refractivity contribution in [1.29, 1.82) is 5.26 Å². The molecule has 1 aromatic carbocycles. The Bertz CT molecular complexity index is 1090. The molecule has 0 atom stereocenters. The third kappa shape index (κ3) is 3.35. The summed E-state index contributed by atoms with van der Waals surface area (Å²) in [5.41, 5.74) is 3.35. The van der Waals surface area contributed by atoms with Crippen LogP contribution in [0, 0.1) is 11.3 Å². The topological polar surface area (TPSA) is 70.7 Å². The Hall–Kier alpha value is -2.65. The maximum absolute atomic E-state index is 13.1. The fourth-order valence-electron chi connectivity index (χ4n) is 3.73. The number of anilines is 1. The molecule has 0 saturated carbocycles. The second-order valence-corrected chi connectivity index (χ2v) is 7.96. The first-order valence-electron chi connectivity index (χ1n) is 9.45. The number of nitrogens with zero attached hydrogens (tertiary/aromatic N) is 3. The highest BCUT2D eigenvalue weighted by molar-refractivity contribution is 7.18. The van der Waals surface area contributed by atoms with E-state index in [-0.39, 0.29) is 12.1 Å². The van der Waals surface area contributed by atoms with Crippen molar-refractivity contribution in [3.63, 3.8) is 0 Å². The van der Waals surface area contributed by atoms with Crippen LogP contribution in [-0.2, 0) is 32.4 Å². The van der Waals surface area contributed by atoms with E-state index in [1.54, 1.807) is 11.3 Å². The van der Waals surface area contributed by atoms with E-state index in [2.05, 4.69) is 30.4 Å². The standard InChI is InChI=1S/C21H22N4OS/c1-2-14-6-5-7-15(12-14)23-13-18-24-20-19(21(26)25(18)11-10-22)16-8-3-4-9-17(16)27-20/h5-7,12,23H,2-4,8-9,11,13H2,1H3. The number of hydrogen-bond acceptors (Lipinski definition) is 5. The van der Waals surface area contributed by atoms with Crippen molar-refractivity contribution >= 4 is 27.2 Å².